The van der Waals surface area contributed by atoms with Gasteiger partial charge in [0.05, 0.1) is 11.5 Å². The molecule has 3 nitrogen and oxygen atoms in total. The van der Waals surface area contributed by atoms with Crippen molar-refractivity contribution in [2.45, 2.75) is 38.1 Å². The summed E-state index contributed by atoms with van der Waals surface area (Å²) in [6.45, 7) is 3.22. The molecule has 17 heavy (non-hydrogen) atoms. The van der Waals surface area contributed by atoms with Gasteiger partial charge >= 0.3 is 0 Å². The van der Waals surface area contributed by atoms with Crippen LogP contribution in [0.5, 0.6) is 0 Å². The second-order valence-corrected chi connectivity index (χ2v) is 4.75. The van der Waals surface area contributed by atoms with Crippen LogP contribution in [-0.2, 0) is 15.0 Å². The fourth-order valence-corrected chi connectivity index (χ4v) is 1.97. The van der Waals surface area contributed by atoms with Crippen LogP contribution in [0.3, 0.4) is 0 Å². The first-order valence-electron chi connectivity index (χ1n) is 5.93. The Balaban J connectivity index is 2.12. The molecule has 1 unspecified atom stereocenters. The largest absolute Gasteiger partial charge is 0.346 e. The fraction of sp³-hybridized carbons (Fsp3) is 0.429. The van der Waals surface area contributed by atoms with Crippen LogP contribution in [0.15, 0.2) is 30.3 Å². The first-order chi connectivity index (χ1) is 8.06. The zero-order valence-corrected chi connectivity index (χ0v) is 10.2. The smallest absolute Gasteiger partial charge is 0.231 e. The van der Waals surface area contributed by atoms with Gasteiger partial charge in [-0.05, 0) is 32.3 Å². The number of ketones is 1. The number of hydrogen-bond acceptors (Lipinski definition) is 2. The standard InChI is InChI=1S/C14H17NO2/c1-10(11(2)16)15-13(17)14(8-9-14)12-6-4-3-5-7-12/h3-7,10H,8-9H2,1-2H3,(H,15,17). The molecule has 0 heterocycles. The summed E-state index contributed by atoms with van der Waals surface area (Å²) < 4.78 is 0. The lowest BCUT2D eigenvalue weighted by Crippen LogP contribution is -2.43. The highest BCUT2D eigenvalue weighted by atomic mass is 16.2. The van der Waals surface area contributed by atoms with E-state index in [1.807, 2.05) is 30.3 Å². The first-order valence-corrected chi connectivity index (χ1v) is 5.93. The molecule has 90 valence electrons. The molecule has 0 spiro atoms. The molecule has 1 N–H and O–H groups in total. The van der Waals surface area contributed by atoms with Gasteiger partial charge in [-0.3, -0.25) is 9.59 Å². The van der Waals surface area contributed by atoms with E-state index in [9.17, 15) is 9.59 Å². The molecule has 0 aromatic heterocycles. The maximum absolute atomic E-state index is 12.2. The maximum Gasteiger partial charge on any atom is 0.231 e. The van der Waals surface area contributed by atoms with E-state index in [4.69, 9.17) is 0 Å². The molecule has 1 amide bonds. The van der Waals surface area contributed by atoms with Crippen molar-refractivity contribution < 1.29 is 9.59 Å². The van der Waals surface area contributed by atoms with Crippen LogP contribution in [0.2, 0.25) is 0 Å². The Labute approximate surface area is 101 Å². The third-order valence-electron chi connectivity index (χ3n) is 3.47. The molecule has 0 bridgehead atoms. The molecule has 0 aliphatic heterocycles. The summed E-state index contributed by atoms with van der Waals surface area (Å²) in [7, 11) is 0. The lowest BCUT2D eigenvalue weighted by atomic mass is 9.94. The number of benzene rings is 1. The van der Waals surface area contributed by atoms with Gasteiger partial charge < -0.3 is 5.32 Å². The van der Waals surface area contributed by atoms with Gasteiger partial charge in [-0.15, -0.1) is 0 Å². The SMILES string of the molecule is CC(=O)C(C)NC(=O)C1(c2ccccc2)CC1. The highest BCUT2D eigenvalue weighted by Crippen LogP contribution is 2.48. The van der Waals surface area contributed by atoms with E-state index in [1.54, 1.807) is 6.92 Å². The lowest BCUT2D eigenvalue weighted by molar-refractivity contribution is -0.128. The van der Waals surface area contributed by atoms with E-state index in [0.717, 1.165) is 18.4 Å². The van der Waals surface area contributed by atoms with Gasteiger partial charge in [0.1, 0.15) is 0 Å². The summed E-state index contributed by atoms with van der Waals surface area (Å²) in [6.07, 6.45) is 1.74. The van der Waals surface area contributed by atoms with Crippen molar-refractivity contribution in [3.8, 4) is 0 Å². The van der Waals surface area contributed by atoms with Crippen molar-refractivity contribution in [1.29, 1.82) is 0 Å². The van der Waals surface area contributed by atoms with E-state index in [2.05, 4.69) is 5.32 Å². The average Bonchev–Trinajstić information content (AvgIpc) is 3.11. The second kappa shape index (κ2) is 4.32. The first kappa shape index (κ1) is 11.8. The fourth-order valence-electron chi connectivity index (χ4n) is 1.97. The topological polar surface area (TPSA) is 46.2 Å². The Morgan fingerprint density at radius 1 is 1.24 bits per heavy atom. The summed E-state index contributed by atoms with van der Waals surface area (Å²) in [5.74, 6) is -0.0337. The molecule has 1 aromatic carbocycles. The van der Waals surface area contributed by atoms with Crippen LogP contribution in [0.1, 0.15) is 32.3 Å². The van der Waals surface area contributed by atoms with E-state index in [-0.39, 0.29) is 17.1 Å². The average molecular weight is 231 g/mol. The van der Waals surface area contributed by atoms with Gasteiger partial charge in [-0.2, -0.15) is 0 Å². The number of carbonyl (C=O) groups is 2. The summed E-state index contributed by atoms with van der Waals surface area (Å²) in [4.78, 5) is 23.3. The molecule has 0 radical (unpaired) electrons. The van der Waals surface area contributed by atoms with Crippen LogP contribution < -0.4 is 5.32 Å². The summed E-state index contributed by atoms with van der Waals surface area (Å²) >= 11 is 0. The summed E-state index contributed by atoms with van der Waals surface area (Å²) in [5.41, 5.74) is 0.665. The quantitative estimate of drug-likeness (QED) is 0.859. The van der Waals surface area contributed by atoms with Gasteiger partial charge in [-0.25, -0.2) is 0 Å². The van der Waals surface area contributed by atoms with E-state index >= 15 is 0 Å². The molecule has 2 rings (SSSR count). The number of Topliss-reactive ketones (excluding diaryl/α,β-unsaturated/α-hetero) is 1. The molecule has 1 saturated carbocycles. The van der Waals surface area contributed by atoms with E-state index in [1.165, 1.54) is 6.92 Å². The molecule has 1 aromatic rings. The Kier molecular flexibility index (Phi) is 3.01. The van der Waals surface area contributed by atoms with Crippen molar-refractivity contribution in [3.63, 3.8) is 0 Å². The number of nitrogens with one attached hydrogen (secondary N) is 1. The Morgan fingerprint density at radius 2 is 1.82 bits per heavy atom. The molecule has 1 aliphatic rings. The van der Waals surface area contributed by atoms with Gasteiger partial charge in [0.2, 0.25) is 5.91 Å². The zero-order valence-electron chi connectivity index (χ0n) is 10.2. The molecule has 1 aliphatic carbocycles. The lowest BCUT2D eigenvalue weighted by Gasteiger charge is -2.18. The minimum atomic E-state index is -0.399. The minimum absolute atomic E-state index is 0.0118. The highest BCUT2D eigenvalue weighted by molar-refractivity contribution is 5.94. The molecule has 3 heteroatoms. The highest BCUT2D eigenvalue weighted by Gasteiger charge is 2.51. The second-order valence-electron chi connectivity index (χ2n) is 4.75. The summed E-state index contributed by atoms with van der Waals surface area (Å²) in [6, 6.07) is 9.38. The van der Waals surface area contributed by atoms with Crippen LogP contribution in [0.4, 0.5) is 0 Å². The molecule has 1 atom stereocenters. The normalized spacial score (nSPS) is 18.2. The van der Waals surface area contributed by atoms with Gasteiger partial charge in [-0.1, -0.05) is 30.3 Å². The van der Waals surface area contributed by atoms with Gasteiger partial charge in [0, 0.05) is 0 Å². The predicted octanol–water partition coefficient (Wildman–Crippen LogP) is 1.81. The maximum atomic E-state index is 12.2. The zero-order chi connectivity index (χ0) is 12.5. The van der Waals surface area contributed by atoms with Crippen molar-refractivity contribution in [1.82, 2.24) is 5.32 Å². The summed E-state index contributed by atoms with van der Waals surface area (Å²) in [5, 5.41) is 2.79. The van der Waals surface area contributed by atoms with Crippen LogP contribution in [0.25, 0.3) is 0 Å². The monoisotopic (exact) mass is 231 g/mol. The van der Waals surface area contributed by atoms with Crippen LogP contribution in [-0.4, -0.2) is 17.7 Å². The molecule has 0 saturated heterocycles. The number of hydrogen-bond donors (Lipinski definition) is 1. The number of carbonyl (C=O) groups excluding carboxylic acids is 2. The van der Waals surface area contributed by atoms with Crippen molar-refractivity contribution in [3.05, 3.63) is 35.9 Å². The molecular formula is C14H17NO2. The van der Waals surface area contributed by atoms with Crippen LogP contribution in [0, 0.1) is 0 Å². The minimum Gasteiger partial charge on any atom is -0.346 e. The third kappa shape index (κ3) is 2.23. The Hall–Kier alpha value is -1.64. The van der Waals surface area contributed by atoms with Gasteiger partial charge in [0.25, 0.3) is 0 Å². The van der Waals surface area contributed by atoms with Crippen molar-refractivity contribution >= 4 is 11.7 Å². The third-order valence-corrected chi connectivity index (χ3v) is 3.47. The Bertz CT molecular complexity index is 435. The van der Waals surface area contributed by atoms with Crippen molar-refractivity contribution in [2.75, 3.05) is 0 Å². The van der Waals surface area contributed by atoms with Crippen molar-refractivity contribution in [2.24, 2.45) is 0 Å². The molecule has 1 fully saturated rings. The van der Waals surface area contributed by atoms with E-state index in [0.29, 0.717) is 0 Å². The number of rotatable bonds is 4. The van der Waals surface area contributed by atoms with Gasteiger partial charge in [0.15, 0.2) is 5.78 Å². The van der Waals surface area contributed by atoms with Crippen LogP contribution >= 0.6 is 0 Å². The van der Waals surface area contributed by atoms with E-state index < -0.39 is 6.04 Å². The Morgan fingerprint density at radius 3 is 2.29 bits per heavy atom. The molecular weight excluding hydrogens is 214 g/mol. The number of amides is 1. The predicted molar refractivity (Wildman–Crippen MR) is 65.6 cm³/mol.